The van der Waals surface area contributed by atoms with Gasteiger partial charge >= 0.3 is 10.4 Å². The number of rotatable bonds is 33. The number of hydrogen-bond acceptors (Lipinski definition) is 5. The van der Waals surface area contributed by atoms with Gasteiger partial charge in [-0.15, -0.1) is 0 Å². The lowest BCUT2D eigenvalue weighted by molar-refractivity contribution is -0.134. The van der Waals surface area contributed by atoms with Crippen molar-refractivity contribution in [3.8, 4) is 0 Å². The lowest BCUT2D eigenvalue weighted by Crippen LogP contribution is -2.47. The smallest absolute Gasteiger partial charge is 0.387 e. The van der Waals surface area contributed by atoms with E-state index in [1.54, 1.807) is 13.1 Å². The van der Waals surface area contributed by atoms with Crippen LogP contribution in [0.15, 0.2) is 24.3 Å². The lowest BCUT2D eigenvalue weighted by atomic mass is 10.0. The highest BCUT2D eigenvalue weighted by atomic mass is 32.3. The van der Waals surface area contributed by atoms with Gasteiger partial charge in [0.2, 0.25) is 5.91 Å². The molecule has 0 saturated heterocycles. The van der Waals surface area contributed by atoms with Crippen LogP contribution >= 0.6 is 0 Å². The Balaban J connectivity index is 4.24. The van der Waals surface area contributed by atoms with Crippen molar-refractivity contribution in [2.45, 2.75) is 193 Å². The summed E-state index contributed by atoms with van der Waals surface area (Å²) in [5.41, 5.74) is 0. The molecule has 0 aliphatic rings. The maximum absolute atomic E-state index is 12.9. The van der Waals surface area contributed by atoms with Gasteiger partial charge in [0.15, 0.2) is 0 Å². The van der Waals surface area contributed by atoms with Crippen molar-refractivity contribution in [2.75, 3.05) is 13.7 Å². The SMILES string of the molecule is CCCCCCCCC/C=C/CC/C=C/[C@@H](O)C(COS(=O)(=O)O)N(C)C(=O)CCCCCCCCCCCCCCCCC. The van der Waals surface area contributed by atoms with Crippen molar-refractivity contribution >= 4 is 16.3 Å². The second-order valence-corrected chi connectivity index (χ2v) is 14.0. The third-order valence-corrected chi connectivity index (χ3v) is 9.08. The number of aliphatic hydroxyl groups is 1. The summed E-state index contributed by atoms with van der Waals surface area (Å²) in [4.78, 5) is 14.2. The molecule has 266 valence electrons. The van der Waals surface area contributed by atoms with E-state index in [2.05, 4.69) is 30.2 Å². The largest absolute Gasteiger partial charge is 0.397 e. The number of likely N-dealkylation sites (N-methyl/N-ethyl adjacent to an activating group) is 1. The molecule has 0 aromatic carbocycles. The molecule has 0 heterocycles. The van der Waals surface area contributed by atoms with Gasteiger partial charge in [0.05, 0.1) is 18.8 Å². The monoisotopic (exact) mass is 658 g/mol. The summed E-state index contributed by atoms with van der Waals surface area (Å²) in [6, 6.07) is -0.917. The van der Waals surface area contributed by atoms with Crippen molar-refractivity contribution in [1.82, 2.24) is 4.90 Å². The Kier molecular flexibility index (Phi) is 30.5. The van der Waals surface area contributed by atoms with Crippen molar-refractivity contribution in [1.29, 1.82) is 0 Å². The standard InChI is InChI=1S/C37H71NO6S/c1-4-6-8-10-12-14-16-18-19-21-23-25-27-29-31-33-37(40)38(3)35(34-44-45(41,42)43)36(39)32-30-28-26-24-22-20-17-15-13-11-9-7-5-2/h22,24,30,32,35-36,39H,4-21,23,25-29,31,33-34H2,1-3H3,(H,41,42,43)/b24-22+,32-30+/t35?,36-/m1/s1. The molecule has 0 spiro atoms. The number of hydrogen-bond donors (Lipinski definition) is 2. The molecule has 0 saturated carbocycles. The third-order valence-electron chi connectivity index (χ3n) is 8.64. The van der Waals surface area contributed by atoms with Crippen LogP contribution in [0.4, 0.5) is 0 Å². The number of allylic oxidation sites excluding steroid dienone is 3. The molecule has 0 rings (SSSR count). The van der Waals surface area contributed by atoms with Crippen molar-refractivity contribution in [2.24, 2.45) is 0 Å². The van der Waals surface area contributed by atoms with Crippen molar-refractivity contribution in [3.63, 3.8) is 0 Å². The maximum atomic E-state index is 12.9. The zero-order valence-electron chi connectivity index (χ0n) is 29.4. The number of carbonyl (C=O) groups is 1. The van der Waals surface area contributed by atoms with Gasteiger partial charge in [-0.25, -0.2) is 4.18 Å². The number of aliphatic hydroxyl groups excluding tert-OH is 1. The van der Waals surface area contributed by atoms with Crippen molar-refractivity contribution in [3.05, 3.63) is 24.3 Å². The quantitative estimate of drug-likeness (QED) is 0.0413. The molecule has 0 fully saturated rings. The summed E-state index contributed by atoms with van der Waals surface area (Å²) in [7, 11) is -3.14. The second kappa shape index (κ2) is 31.4. The molecule has 0 aliphatic heterocycles. The van der Waals surface area contributed by atoms with Crippen LogP contribution in [0.3, 0.4) is 0 Å². The van der Waals surface area contributed by atoms with Crippen LogP contribution in [0.5, 0.6) is 0 Å². The zero-order chi connectivity index (χ0) is 33.4. The van der Waals surface area contributed by atoms with E-state index in [1.165, 1.54) is 127 Å². The molecule has 8 heteroatoms. The summed E-state index contributed by atoms with van der Waals surface area (Å²) in [6.07, 6.45) is 37.5. The van der Waals surface area contributed by atoms with E-state index in [1.807, 2.05) is 6.08 Å². The van der Waals surface area contributed by atoms with Gasteiger partial charge in [-0.2, -0.15) is 8.42 Å². The van der Waals surface area contributed by atoms with E-state index < -0.39 is 29.2 Å². The Bertz CT molecular complexity index is 829. The van der Waals surface area contributed by atoms with E-state index in [0.29, 0.717) is 6.42 Å². The summed E-state index contributed by atoms with van der Waals surface area (Å²) < 4.78 is 36.0. The van der Waals surface area contributed by atoms with Gasteiger partial charge in [-0.1, -0.05) is 167 Å². The Morgan fingerprint density at radius 2 is 1.04 bits per heavy atom. The molecule has 0 radical (unpaired) electrons. The zero-order valence-corrected chi connectivity index (χ0v) is 30.3. The summed E-state index contributed by atoms with van der Waals surface area (Å²) in [6.45, 7) is 3.98. The number of amides is 1. The fraction of sp³-hybridized carbons (Fsp3) is 0.865. The maximum Gasteiger partial charge on any atom is 0.397 e. The van der Waals surface area contributed by atoms with Gasteiger partial charge in [0, 0.05) is 13.5 Å². The third kappa shape index (κ3) is 29.9. The Morgan fingerprint density at radius 3 is 1.51 bits per heavy atom. The van der Waals surface area contributed by atoms with Crippen molar-refractivity contribution < 1.29 is 27.1 Å². The van der Waals surface area contributed by atoms with Gasteiger partial charge in [-0.05, 0) is 32.1 Å². The molecule has 7 nitrogen and oxygen atoms in total. The fourth-order valence-electron chi connectivity index (χ4n) is 5.62. The molecule has 0 aromatic heterocycles. The topological polar surface area (TPSA) is 104 Å². The lowest BCUT2D eigenvalue weighted by Gasteiger charge is -2.30. The number of carbonyl (C=O) groups excluding carboxylic acids is 1. The molecule has 1 amide bonds. The molecule has 2 N–H and O–H groups in total. The average molecular weight is 658 g/mol. The molecule has 0 aliphatic carbocycles. The van der Waals surface area contributed by atoms with Crippen LogP contribution < -0.4 is 0 Å². The van der Waals surface area contributed by atoms with Gasteiger partial charge < -0.3 is 10.0 Å². The molecule has 2 atom stereocenters. The number of unbranched alkanes of at least 4 members (excludes halogenated alkanes) is 22. The van der Waals surface area contributed by atoms with Gasteiger partial charge in [0.1, 0.15) is 0 Å². The highest BCUT2D eigenvalue weighted by molar-refractivity contribution is 7.80. The Morgan fingerprint density at radius 1 is 0.644 bits per heavy atom. The Labute approximate surface area is 278 Å². The molecule has 0 aromatic rings. The average Bonchev–Trinajstić information content (AvgIpc) is 3.00. The summed E-state index contributed by atoms with van der Waals surface area (Å²) >= 11 is 0. The van der Waals surface area contributed by atoms with E-state index >= 15 is 0 Å². The van der Waals surface area contributed by atoms with Crippen LogP contribution in [-0.2, 0) is 19.4 Å². The predicted molar refractivity (Wildman–Crippen MR) is 190 cm³/mol. The van der Waals surface area contributed by atoms with E-state index in [4.69, 9.17) is 4.55 Å². The van der Waals surface area contributed by atoms with Crippen LogP contribution in [-0.4, -0.2) is 54.7 Å². The van der Waals surface area contributed by atoms with Crippen LogP contribution in [0.25, 0.3) is 0 Å². The Hall–Kier alpha value is -1.22. The van der Waals surface area contributed by atoms with Gasteiger partial charge in [0.25, 0.3) is 0 Å². The highest BCUT2D eigenvalue weighted by Crippen LogP contribution is 2.16. The second-order valence-electron chi connectivity index (χ2n) is 12.9. The minimum atomic E-state index is -4.69. The molecule has 0 bridgehead atoms. The van der Waals surface area contributed by atoms with E-state index in [-0.39, 0.29) is 5.91 Å². The minimum absolute atomic E-state index is 0.172. The molecular formula is C37H71NO6S. The number of nitrogens with zero attached hydrogens (tertiary/aromatic N) is 1. The first-order chi connectivity index (χ1) is 21.7. The van der Waals surface area contributed by atoms with E-state index in [0.717, 1.165) is 38.5 Å². The van der Waals surface area contributed by atoms with Crippen LogP contribution in [0, 0.1) is 0 Å². The molecular weight excluding hydrogens is 586 g/mol. The van der Waals surface area contributed by atoms with Crippen LogP contribution in [0.1, 0.15) is 181 Å². The molecule has 1 unspecified atom stereocenters. The van der Waals surface area contributed by atoms with Crippen LogP contribution in [0.2, 0.25) is 0 Å². The van der Waals surface area contributed by atoms with E-state index in [9.17, 15) is 18.3 Å². The first-order valence-electron chi connectivity index (χ1n) is 18.6. The summed E-state index contributed by atoms with van der Waals surface area (Å²) in [5, 5.41) is 10.8. The highest BCUT2D eigenvalue weighted by Gasteiger charge is 2.27. The van der Waals surface area contributed by atoms with Gasteiger partial charge in [-0.3, -0.25) is 9.35 Å². The first kappa shape index (κ1) is 43.8. The summed E-state index contributed by atoms with van der Waals surface area (Å²) in [5.74, 6) is -0.172. The minimum Gasteiger partial charge on any atom is -0.387 e. The normalized spacial score (nSPS) is 13.6. The first-order valence-corrected chi connectivity index (χ1v) is 20.0. The predicted octanol–water partition coefficient (Wildman–Crippen LogP) is 10.3. The molecule has 45 heavy (non-hydrogen) atoms. The fourth-order valence-corrected chi connectivity index (χ4v) is 5.93.